The molecule has 28 heavy (non-hydrogen) atoms. The molecule has 144 valence electrons. The third-order valence-electron chi connectivity index (χ3n) is 4.56. The van der Waals surface area contributed by atoms with Crippen molar-refractivity contribution in [2.45, 2.75) is 32.8 Å². The molecule has 2 heterocycles. The fraction of sp³-hybridized carbons (Fsp3) is 0.273. The van der Waals surface area contributed by atoms with Crippen LogP contribution < -0.4 is 19.8 Å². The summed E-state index contributed by atoms with van der Waals surface area (Å²) < 4.78 is 22.0. The van der Waals surface area contributed by atoms with E-state index < -0.39 is 11.6 Å². The summed E-state index contributed by atoms with van der Waals surface area (Å²) in [6.07, 6.45) is 0.783. The minimum Gasteiger partial charge on any atom is -0.483 e. The minimum atomic E-state index is -0.566. The maximum atomic E-state index is 12.2. The summed E-state index contributed by atoms with van der Waals surface area (Å²) in [5, 5.41) is 0.787. The molecular weight excluding hydrogens is 360 g/mol. The molecule has 6 heteroatoms. The van der Waals surface area contributed by atoms with Gasteiger partial charge in [0.05, 0.1) is 0 Å². The first-order chi connectivity index (χ1) is 13.3. The van der Waals surface area contributed by atoms with E-state index in [2.05, 4.69) is 0 Å². The maximum Gasteiger partial charge on any atom is 0.349 e. The third-order valence-corrected chi connectivity index (χ3v) is 4.56. The van der Waals surface area contributed by atoms with Crippen LogP contribution in [-0.2, 0) is 11.2 Å². The standard InChI is InChI=1S/C22H20O6/c1-13-9-19(23)27-18-10-15(7-8-16(13)18)26-20(24)12-25-17-6-4-5-14-11-22(2,3)28-21(14)17/h4-10H,11-12H2,1-3H3. The Kier molecular flexibility index (Phi) is 4.34. The zero-order chi connectivity index (χ0) is 19.9. The van der Waals surface area contributed by atoms with Gasteiger partial charge < -0.3 is 18.6 Å². The van der Waals surface area contributed by atoms with Crippen molar-refractivity contribution in [2.24, 2.45) is 0 Å². The summed E-state index contributed by atoms with van der Waals surface area (Å²) in [6, 6.07) is 12.0. The van der Waals surface area contributed by atoms with Gasteiger partial charge in [-0.3, -0.25) is 0 Å². The van der Waals surface area contributed by atoms with Crippen LogP contribution in [0.3, 0.4) is 0 Å². The molecule has 1 aliphatic rings. The van der Waals surface area contributed by atoms with Gasteiger partial charge in [-0.1, -0.05) is 12.1 Å². The highest BCUT2D eigenvalue weighted by Gasteiger charge is 2.32. The van der Waals surface area contributed by atoms with E-state index in [1.165, 1.54) is 12.1 Å². The van der Waals surface area contributed by atoms with E-state index >= 15 is 0 Å². The summed E-state index contributed by atoms with van der Waals surface area (Å²) >= 11 is 0. The number of ether oxygens (including phenoxy) is 3. The molecule has 0 fully saturated rings. The van der Waals surface area contributed by atoms with Crippen LogP contribution in [0.15, 0.2) is 51.7 Å². The van der Waals surface area contributed by atoms with Gasteiger partial charge in [0.15, 0.2) is 18.1 Å². The molecule has 0 spiro atoms. The molecule has 2 aromatic carbocycles. The van der Waals surface area contributed by atoms with Crippen molar-refractivity contribution in [3.05, 3.63) is 64.0 Å². The van der Waals surface area contributed by atoms with Gasteiger partial charge in [0.1, 0.15) is 16.9 Å². The fourth-order valence-electron chi connectivity index (χ4n) is 3.37. The summed E-state index contributed by atoms with van der Waals surface area (Å²) in [5.41, 5.74) is 1.48. The van der Waals surface area contributed by atoms with Crippen LogP contribution in [0.25, 0.3) is 11.0 Å². The molecule has 0 radical (unpaired) electrons. The molecule has 1 aliphatic heterocycles. The topological polar surface area (TPSA) is 75.0 Å². The lowest BCUT2D eigenvalue weighted by molar-refractivity contribution is -0.136. The van der Waals surface area contributed by atoms with Crippen LogP contribution in [0.1, 0.15) is 25.0 Å². The molecule has 0 N–H and O–H groups in total. The van der Waals surface area contributed by atoms with Crippen molar-refractivity contribution in [3.63, 3.8) is 0 Å². The summed E-state index contributed by atoms with van der Waals surface area (Å²) in [7, 11) is 0. The van der Waals surface area contributed by atoms with E-state index in [9.17, 15) is 9.59 Å². The Morgan fingerprint density at radius 3 is 2.82 bits per heavy atom. The second-order valence-electron chi connectivity index (χ2n) is 7.45. The Hall–Kier alpha value is -3.28. The fourth-order valence-corrected chi connectivity index (χ4v) is 3.37. The molecule has 0 bridgehead atoms. The molecule has 6 nitrogen and oxygen atoms in total. The number of hydrogen-bond donors (Lipinski definition) is 0. The number of benzene rings is 2. The molecule has 3 aromatic rings. The Morgan fingerprint density at radius 2 is 2.00 bits per heavy atom. The largest absolute Gasteiger partial charge is 0.483 e. The first kappa shape index (κ1) is 18.1. The lowest BCUT2D eigenvalue weighted by Crippen LogP contribution is -2.25. The monoisotopic (exact) mass is 380 g/mol. The Balaban J connectivity index is 1.46. The predicted octanol–water partition coefficient (Wildman–Crippen LogP) is 3.80. The number of rotatable bonds is 4. The molecule has 1 aromatic heterocycles. The third kappa shape index (κ3) is 3.58. The average molecular weight is 380 g/mol. The molecule has 0 unspecified atom stereocenters. The van der Waals surface area contributed by atoms with Crippen molar-refractivity contribution in [1.29, 1.82) is 0 Å². The van der Waals surface area contributed by atoms with Gasteiger partial charge >= 0.3 is 11.6 Å². The highest BCUT2D eigenvalue weighted by Crippen LogP contribution is 2.41. The van der Waals surface area contributed by atoms with Crippen molar-refractivity contribution in [2.75, 3.05) is 6.61 Å². The highest BCUT2D eigenvalue weighted by molar-refractivity contribution is 5.82. The van der Waals surface area contributed by atoms with Gasteiger partial charge in [-0.25, -0.2) is 9.59 Å². The second-order valence-corrected chi connectivity index (χ2v) is 7.45. The van der Waals surface area contributed by atoms with Gasteiger partial charge in [0.2, 0.25) is 0 Å². The van der Waals surface area contributed by atoms with Crippen molar-refractivity contribution in [3.8, 4) is 17.2 Å². The molecular formula is C22H20O6. The second kappa shape index (κ2) is 6.71. The predicted molar refractivity (Wildman–Crippen MR) is 103 cm³/mol. The zero-order valence-corrected chi connectivity index (χ0v) is 15.9. The quantitative estimate of drug-likeness (QED) is 0.389. The Labute approximate surface area is 161 Å². The molecule has 0 saturated heterocycles. The summed E-state index contributed by atoms with van der Waals surface area (Å²) in [6.45, 7) is 5.56. The number of carbonyl (C=O) groups excluding carboxylic acids is 1. The van der Waals surface area contributed by atoms with Crippen molar-refractivity contribution >= 4 is 16.9 Å². The summed E-state index contributed by atoms with van der Waals surface area (Å²) in [5.74, 6) is 0.901. The molecule has 0 aliphatic carbocycles. The van der Waals surface area contributed by atoms with Gasteiger partial charge in [-0.15, -0.1) is 0 Å². The van der Waals surface area contributed by atoms with Crippen LogP contribution in [0.5, 0.6) is 17.2 Å². The van der Waals surface area contributed by atoms with Gasteiger partial charge in [0, 0.05) is 29.5 Å². The average Bonchev–Trinajstić information content (AvgIpc) is 2.93. The van der Waals surface area contributed by atoms with E-state index in [1.807, 2.05) is 32.9 Å². The smallest absolute Gasteiger partial charge is 0.349 e. The molecule has 0 amide bonds. The lowest BCUT2D eigenvalue weighted by atomic mass is 10.0. The first-order valence-electron chi connectivity index (χ1n) is 9.00. The van der Waals surface area contributed by atoms with Gasteiger partial charge in [-0.2, -0.15) is 0 Å². The molecule has 4 rings (SSSR count). The normalized spacial score (nSPS) is 14.4. The van der Waals surface area contributed by atoms with E-state index in [0.717, 1.165) is 22.9 Å². The number of aryl methyl sites for hydroxylation is 1. The van der Waals surface area contributed by atoms with Crippen LogP contribution >= 0.6 is 0 Å². The van der Waals surface area contributed by atoms with Crippen molar-refractivity contribution < 1.29 is 23.4 Å². The SMILES string of the molecule is Cc1cc(=O)oc2cc(OC(=O)COc3cccc4c3OC(C)(C)C4)ccc12. The van der Waals surface area contributed by atoms with Crippen LogP contribution in [0.4, 0.5) is 0 Å². The van der Waals surface area contributed by atoms with E-state index in [1.54, 1.807) is 18.2 Å². The van der Waals surface area contributed by atoms with Gasteiger partial charge in [0.25, 0.3) is 0 Å². The Morgan fingerprint density at radius 1 is 1.18 bits per heavy atom. The highest BCUT2D eigenvalue weighted by atomic mass is 16.6. The number of fused-ring (bicyclic) bond motifs is 2. The zero-order valence-electron chi connectivity index (χ0n) is 15.9. The van der Waals surface area contributed by atoms with E-state index in [4.69, 9.17) is 18.6 Å². The number of esters is 1. The van der Waals surface area contributed by atoms with E-state index in [0.29, 0.717) is 17.1 Å². The van der Waals surface area contributed by atoms with Crippen molar-refractivity contribution in [1.82, 2.24) is 0 Å². The number of para-hydroxylation sites is 1. The first-order valence-corrected chi connectivity index (χ1v) is 9.00. The Bertz CT molecular complexity index is 1130. The molecule has 0 saturated carbocycles. The minimum absolute atomic E-state index is 0.268. The van der Waals surface area contributed by atoms with Crippen LogP contribution in [-0.4, -0.2) is 18.2 Å². The maximum absolute atomic E-state index is 12.2. The van der Waals surface area contributed by atoms with E-state index in [-0.39, 0.29) is 18.0 Å². The van der Waals surface area contributed by atoms with Crippen LogP contribution in [0.2, 0.25) is 0 Å². The van der Waals surface area contributed by atoms with Gasteiger partial charge in [-0.05, 0) is 44.5 Å². The van der Waals surface area contributed by atoms with Crippen LogP contribution in [0, 0.1) is 6.92 Å². The number of hydrogen-bond acceptors (Lipinski definition) is 6. The summed E-state index contributed by atoms with van der Waals surface area (Å²) in [4.78, 5) is 23.7. The number of carbonyl (C=O) groups is 1. The lowest BCUT2D eigenvalue weighted by Gasteiger charge is -2.18. The molecule has 0 atom stereocenters.